The molecule has 0 radical (unpaired) electrons. The van der Waals surface area contributed by atoms with Crippen LogP contribution in [0.3, 0.4) is 0 Å². The van der Waals surface area contributed by atoms with Crippen LogP contribution < -0.4 is 24.8 Å². The highest BCUT2D eigenvalue weighted by molar-refractivity contribution is 5.94. The van der Waals surface area contributed by atoms with Crippen molar-refractivity contribution in [2.45, 2.75) is 6.42 Å². The van der Waals surface area contributed by atoms with Crippen LogP contribution in [0, 0.1) is 0 Å². The van der Waals surface area contributed by atoms with Crippen molar-refractivity contribution in [1.29, 1.82) is 0 Å². The minimum Gasteiger partial charge on any atom is -0.496 e. The summed E-state index contributed by atoms with van der Waals surface area (Å²) >= 11 is 0. The Morgan fingerprint density at radius 2 is 1.48 bits per heavy atom. The lowest BCUT2D eigenvalue weighted by atomic mass is 10.1. The molecule has 0 unspecified atom stereocenters. The van der Waals surface area contributed by atoms with Gasteiger partial charge in [0.25, 0.3) is 5.91 Å². The largest absolute Gasteiger partial charge is 0.496 e. The van der Waals surface area contributed by atoms with E-state index in [2.05, 4.69) is 10.6 Å². The molecular weight excluding hydrogens is 348 g/mol. The van der Waals surface area contributed by atoms with E-state index in [0.717, 1.165) is 5.56 Å². The predicted octanol–water partition coefficient (Wildman–Crippen LogP) is 1.80. The summed E-state index contributed by atoms with van der Waals surface area (Å²) in [6.07, 6.45) is 0.216. The predicted molar refractivity (Wildman–Crippen MR) is 102 cm³/mol. The summed E-state index contributed by atoms with van der Waals surface area (Å²) in [4.78, 5) is 24.2. The first kappa shape index (κ1) is 20.1. The molecule has 0 atom stereocenters. The Kier molecular flexibility index (Phi) is 7.49. The van der Waals surface area contributed by atoms with Gasteiger partial charge in [0.05, 0.1) is 27.8 Å². The Balaban J connectivity index is 1.79. The molecule has 0 spiro atoms. The summed E-state index contributed by atoms with van der Waals surface area (Å²) in [6.45, 7) is 0.637. The number of amides is 2. The number of benzene rings is 2. The number of para-hydroxylation sites is 1. The Hall–Kier alpha value is -3.22. The van der Waals surface area contributed by atoms with Gasteiger partial charge in [-0.2, -0.15) is 0 Å². The summed E-state index contributed by atoms with van der Waals surface area (Å²) in [5.41, 5.74) is 1.26. The first-order valence-corrected chi connectivity index (χ1v) is 8.47. The average Bonchev–Trinajstić information content (AvgIpc) is 2.70. The summed E-state index contributed by atoms with van der Waals surface area (Å²) in [5.74, 6) is 1.32. The highest BCUT2D eigenvalue weighted by atomic mass is 16.5. The maximum absolute atomic E-state index is 12.2. The molecule has 2 rings (SSSR count). The molecule has 0 bridgehead atoms. The van der Waals surface area contributed by atoms with E-state index in [0.29, 0.717) is 35.9 Å². The van der Waals surface area contributed by atoms with E-state index >= 15 is 0 Å². The number of nitrogens with one attached hydrogen (secondary N) is 2. The lowest BCUT2D eigenvalue weighted by Gasteiger charge is -2.11. The topological polar surface area (TPSA) is 85.9 Å². The number of carbonyl (C=O) groups excluding carboxylic acids is 2. The maximum atomic E-state index is 12.2. The lowest BCUT2D eigenvalue weighted by molar-refractivity contribution is -0.120. The van der Waals surface area contributed by atoms with E-state index in [4.69, 9.17) is 14.2 Å². The van der Waals surface area contributed by atoms with E-state index in [1.807, 2.05) is 24.3 Å². The molecule has 0 saturated heterocycles. The van der Waals surface area contributed by atoms with E-state index in [1.165, 1.54) is 14.2 Å². The number of carbonyl (C=O) groups is 2. The van der Waals surface area contributed by atoms with E-state index in [9.17, 15) is 9.59 Å². The van der Waals surface area contributed by atoms with Gasteiger partial charge in [-0.3, -0.25) is 9.59 Å². The second-order valence-electron chi connectivity index (χ2n) is 5.66. The summed E-state index contributed by atoms with van der Waals surface area (Å²) in [5, 5.41) is 5.53. The summed E-state index contributed by atoms with van der Waals surface area (Å²) < 4.78 is 15.6. The van der Waals surface area contributed by atoms with Gasteiger partial charge in [-0.1, -0.05) is 18.2 Å². The van der Waals surface area contributed by atoms with Gasteiger partial charge in [-0.05, 0) is 24.3 Å². The molecule has 7 heteroatoms. The van der Waals surface area contributed by atoms with Crippen LogP contribution in [-0.4, -0.2) is 46.2 Å². The van der Waals surface area contributed by atoms with Crippen LogP contribution >= 0.6 is 0 Å². The minimum atomic E-state index is -0.255. The molecule has 144 valence electrons. The SMILES string of the molecule is COc1ccccc1CC(=O)NCCNC(=O)c1ccc(OC)c(OC)c1. The average molecular weight is 372 g/mol. The van der Waals surface area contributed by atoms with Gasteiger partial charge in [-0.15, -0.1) is 0 Å². The number of rotatable bonds is 9. The van der Waals surface area contributed by atoms with Crippen LogP contribution in [0.1, 0.15) is 15.9 Å². The Bertz CT molecular complexity index is 792. The number of hydrogen-bond donors (Lipinski definition) is 2. The first-order valence-electron chi connectivity index (χ1n) is 8.47. The fourth-order valence-corrected chi connectivity index (χ4v) is 2.54. The summed E-state index contributed by atoms with van der Waals surface area (Å²) in [6, 6.07) is 12.3. The van der Waals surface area contributed by atoms with Crippen molar-refractivity contribution in [3.63, 3.8) is 0 Å². The number of ether oxygens (including phenoxy) is 3. The van der Waals surface area contributed by atoms with Gasteiger partial charge in [0, 0.05) is 24.2 Å². The number of hydrogen-bond acceptors (Lipinski definition) is 5. The van der Waals surface area contributed by atoms with Crippen LogP contribution in [-0.2, 0) is 11.2 Å². The van der Waals surface area contributed by atoms with Crippen molar-refractivity contribution in [2.24, 2.45) is 0 Å². The molecule has 7 nitrogen and oxygen atoms in total. The molecule has 0 fully saturated rings. The van der Waals surface area contributed by atoms with Gasteiger partial charge in [0.15, 0.2) is 11.5 Å². The van der Waals surface area contributed by atoms with Crippen LogP contribution in [0.2, 0.25) is 0 Å². The highest BCUT2D eigenvalue weighted by Crippen LogP contribution is 2.27. The first-order chi connectivity index (χ1) is 13.1. The monoisotopic (exact) mass is 372 g/mol. The molecule has 0 saturated carbocycles. The third kappa shape index (κ3) is 5.64. The van der Waals surface area contributed by atoms with Crippen LogP contribution in [0.15, 0.2) is 42.5 Å². The quantitative estimate of drug-likeness (QED) is 0.656. The molecule has 0 aromatic heterocycles. The van der Waals surface area contributed by atoms with Crippen molar-refractivity contribution in [3.8, 4) is 17.2 Å². The van der Waals surface area contributed by atoms with E-state index < -0.39 is 0 Å². The Morgan fingerprint density at radius 1 is 0.815 bits per heavy atom. The van der Waals surface area contributed by atoms with E-state index in [-0.39, 0.29) is 18.2 Å². The zero-order valence-electron chi connectivity index (χ0n) is 15.7. The third-order valence-electron chi connectivity index (χ3n) is 3.92. The Labute approximate surface area is 158 Å². The van der Waals surface area contributed by atoms with Gasteiger partial charge in [0.2, 0.25) is 5.91 Å². The van der Waals surface area contributed by atoms with Gasteiger partial charge in [-0.25, -0.2) is 0 Å². The Morgan fingerprint density at radius 3 is 2.19 bits per heavy atom. The van der Waals surface area contributed by atoms with E-state index in [1.54, 1.807) is 25.3 Å². The highest BCUT2D eigenvalue weighted by Gasteiger charge is 2.11. The number of methoxy groups -OCH3 is 3. The zero-order chi connectivity index (χ0) is 19.6. The normalized spacial score (nSPS) is 10.0. The molecule has 2 aromatic rings. The molecule has 27 heavy (non-hydrogen) atoms. The standard InChI is InChI=1S/C20H24N2O5/c1-25-16-7-5-4-6-14(16)13-19(23)21-10-11-22-20(24)15-8-9-17(26-2)18(12-15)27-3/h4-9,12H,10-11,13H2,1-3H3,(H,21,23)(H,22,24). The molecule has 2 N–H and O–H groups in total. The molecule has 2 amide bonds. The fraction of sp³-hybridized carbons (Fsp3) is 0.300. The molecular formula is C20H24N2O5. The fourth-order valence-electron chi connectivity index (χ4n) is 2.54. The molecule has 2 aromatic carbocycles. The maximum Gasteiger partial charge on any atom is 0.251 e. The minimum absolute atomic E-state index is 0.139. The lowest BCUT2D eigenvalue weighted by Crippen LogP contribution is -2.35. The summed E-state index contributed by atoms with van der Waals surface area (Å²) in [7, 11) is 4.61. The van der Waals surface area contributed by atoms with Crippen molar-refractivity contribution in [2.75, 3.05) is 34.4 Å². The van der Waals surface area contributed by atoms with Crippen LogP contribution in [0.5, 0.6) is 17.2 Å². The van der Waals surface area contributed by atoms with Crippen molar-refractivity contribution < 1.29 is 23.8 Å². The second-order valence-corrected chi connectivity index (χ2v) is 5.66. The van der Waals surface area contributed by atoms with Crippen molar-refractivity contribution in [1.82, 2.24) is 10.6 Å². The zero-order valence-corrected chi connectivity index (χ0v) is 15.7. The molecule has 0 heterocycles. The second kappa shape index (κ2) is 10.1. The molecule has 0 aliphatic rings. The van der Waals surface area contributed by atoms with Crippen LogP contribution in [0.4, 0.5) is 0 Å². The third-order valence-corrected chi connectivity index (χ3v) is 3.92. The van der Waals surface area contributed by atoms with Gasteiger partial charge >= 0.3 is 0 Å². The van der Waals surface area contributed by atoms with Crippen LogP contribution in [0.25, 0.3) is 0 Å². The molecule has 0 aliphatic heterocycles. The molecule has 0 aliphatic carbocycles. The smallest absolute Gasteiger partial charge is 0.251 e. The van der Waals surface area contributed by atoms with Gasteiger partial charge < -0.3 is 24.8 Å². The van der Waals surface area contributed by atoms with Gasteiger partial charge in [0.1, 0.15) is 5.75 Å². The van der Waals surface area contributed by atoms with Crippen molar-refractivity contribution >= 4 is 11.8 Å². The van der Waals surface area contributed by atoms with Crippen molar-refractivity contribution in [3.05, 3.63) is 53.6 Å².